The Hall–Kier alpha value is -2.89. The minimum absolute atomic E-state index is 0.0256. The second kappa shape index (κ2) is 9.28. The van der Waals surface area contributed by atoms with Gasteiger partial charge in [0.2, 0.25) is 0 Å². The summed E-state index contributed by atoms with van der Waals surface area (Å²) in [6, 6.07) is 13.4. The van der Waals surface area contributed by atoms with Gasteiger partial charge in [0.25, 0.3) is 0 Å². The number of oxime groups is 1. The number of halogens is 1. The quantitative estimate of drug-likeness (QED) is 0.305. The Morgan fingerprint density at radius 3 is 2.63 bits per heavy atom. The summed E-state index contributed by atoms with van der Waals surface area (Å²) in [6.07, 6.45) is 1.69. The Bertz CT molecular complexity index is 895. The van der Waals surface area contributed by atoms with Crippen molar-refractivity contribution in [3.63, 3.8) is 0 Å². The fraction of sp³-hybridized carbons (Fsp3) is 0.417. The molecule has 2 aromatic carbocycles. The number of ether oxygens (including phenoxy) is 2. The summed E-state index contributed by atoms with van der Waals surface area (Å²) in [7, 11) is 0. The number of carbonyl (C=O) groups is 1. The van der Waals surface area contributed by atoms with Gasteiger partial charge >= 0.3 is 5.97 Å². The normalized spacial score (nSPS) is 19.7. The summed E-state index contributed by atoms with van der Waals surface area (Å²) < 4.78 is 25.2. The van der Waals surface area contributed by atoms with Gasteiger partial charge < -0.3 is 14.3 Å². The molecule has 2 atom stereocenters. The van der Waals surface area contributed by atoms with Crippen molar-refractivity contribution in [2.75, 3.05) is 6.61 Å². The molecule has 0 spiro atoms. The molecule has 2 unspecified atom stereocenters. The maximum absolute atomic E-state index is 14.1. The third-order valence-corrected chi connectivity index (χ3v) is 5.22. The number of esters is 1. The van der Waals surface area contributed by atoms with Crippen molar-refractivity contribution in [2.24, 2.45) is 28.3 Å². The first-order chi connectivity index (χ1) is 14.3. The molecule has 0 aromatic heterocycles. The molecular formula is C24H28FNO4. The summed E-state index contributed by atoms with van der Waals surface area (Å²) in [5.74, 6) is -0.0562. The van der Waals surface area contributed by atoms with Crippen molar-refractivity contribution in [3.05, 3.63) is 59.9 Å². The van der Waals surface area contributed by atoms with Gasteiger partial charge in [0.15, 0.2) is 11.6 Å². The maximum atomic E-state index is 14.1. The van der Waals surface area contributed by atoms with Crippen LogP contribution in [0.25, 0.3) is 0 Å². The van der Waals surface area contributed by atoms with Gasteiger partial charge in [0.05, 0.1) is 5.92 Å². The van der Waals surface area contributed by atoms with Crippen LogP contribution in [-0.2, 0) is 21.0 Å². The molecule has 0 amide bonds. The number of hydrogen-bond donors (Lipinski definition) is 0. The molecule has 2 aromatic rings. The van der Waals surface area contributed by atoms with Crippen LogP contribution in [0.5, 0.6) is 11.5 Å². The Balaban J connectivity index is 1.56. The lowest BCUT2D eigenvalue weighted by molar-refractivity contribution is -0.147. The fourth-order valence-corrected chi connectivity index (χ4v) is 3.28. The Labute approximate surface area is 176 Å². The third kappa shape index (κ3) is 5.38. The molecule has 160 valence electrons. The standard InChI is InChI=1S/C24H28FNO4/c1-16(2)14-29-26-13-19-22(24(19,3)4)23(27)28-15-17-10-11-20(25)21(12-17)30-18-8-6-5-7-9-18/h5-13,16,19,22H,14-15H2,1-4H3/b26-13+. The number of carbonyl (C=O) groups excluding carboxylic acids is 1. The monoisotopic (exact) mass is 413 g/mol. The third-order valence-electron chi connectivity index (χ3n) is 5.22. The molecule has 5 nitrogen and oxygen atoms in total. The number of para-hydroxylation sites is 1. The van der Waals surface area contributed by atoms with Gasteiger partial charge in [0.1, 0.15) is 19.0 Å². The van der Waals surface area contributed by atoms with Crippen LogP contribution in [-0.4, -0.2) is 18.8 Å². The summed E-state index contributed by atoms with van der Waals surface area (Å²) in [4.78, 5) is 17.8. The van der Waals surface area contributed by atoms with Crippen LogP contribution in [0.1, 0.15) is 33.3 Å². The van der Waals surface area contributed by atoms with E-state index in [-0.39, 0.29) is 35.6 Å². The number of rotatable bonds is 9. The summed E-state index contributed by atoms with van der Waals surface area (Å²) in [5, 5.41) is 3.99. The van der Waals surface area contributed by atoms with Gasteiger partial charge in [-0.25, -0.2) is 4.39 Å². The molecule has 0 radical (unpaired) electrons. The van der Waals surface area contributed by atoms with Crippen molar-refractivity contribution in [3.8, 4) is 11.5 Å². The second-order valence-corrected chi connectivity index (χ2v) is 8.56. The highest BCUT2D eigenvalue weighted by atomic mass is 19.1. The average Bonchev–Trinajstić information content (AvgIpc) is 3.26. The van der Waals surface area contributed by atoms with Crippen molar-refractivity contribution >= 4 is 12.2 Å². The summed E-state index contributed by atoms with van der Waals surface area (Å²) in [5.41, 5.74) is 0.422. The van der Waals surface area contributed by atoms with Gasteiger partial charge in [-0.15, -0.1) is 0 Å². The van der Waals surface area contributed by atoms with E-state index in [1.165, 1.54) is 6.07 Å². The van der Waals surface area contributed by atoms with E-state index in [1.807, 2.05) is 45.9 Å². The highest BCUT2D eigenvalue weighted by Crippen LogP contribution is 2.57. The predicted molar refractivity (Wildman–Crippen MR) is 113 cm³/mol. The Kier molecular flexibility index (Phi) is 6.75. The van der Waals surface area contributed by atoms with Crippen LogP contribution in [0.3, 0.4) is 0 Å². The predicted octanol–water partition coefficient (Wildman–Crippen LogP) is 5.59. The van der Waals surface area contributed by atoms with Gasteiger partial charge in [-0.1, -0.05) is 57.1 Å². The second-order valence-electron chi connectivity index (χ2n) is 8.56. The van der Waals surface area contributed by atoms with Gasteiger partial charge in [-0.3, -0.25) is 4.79 Å². The van der Waals surface area contributed by atoms with E-state index in [4.69, 9.17) is 14.3 Å². The Morgan fingerprint density at radius 1 is 1.20 bits per heavy atom. The number of hydrogen-bond acceptors (Lipinski definition) is 5. The zero-order chi connectivity index (χ0) is 21.7. The van der Waals surface area contributed by atoms with Crippen LogP contribution < -0.4 is 4.74 Å². The van der Waals surface area contributed by atoms with Gasteiger partial charge in [0, 0.05) is 12.1 Å². The highest BCUT2D eigenvalue weighted by Gasteiger charge is 2.62. The summed E-state index contributed by atoms with van der Waals surface area (Å²) in [6.45, 7) is 8.68. The molecular weight excluding hydrogens is 385 g/mol. The molecule has 1 aliphatic rings. The lowest BCUT2D eigenvalue weighted by Crippen LogP contribution is -2.11. The van der Waals surface area contributed by atoms with Crippen molar-refractivity contribution < 1.29 is 23.5 Å². The largest absolute Gasteiger partial charge is 0.461 e. The average molecular weight is 413 g/mol. The molecule has 0 heterocycles. The first-order valence-corrected chi connectivity index (χ1v) is 10.1. The molecule has 6 heteroatoms. The van der Waals surface area contributed by atoms with Gasteiger partial charge in [-0.05, 0) is 41.2 Å². The molecule has 1 aliphatic carbocycles. The van der Waals surface area contributed by atoms with E-state index >= 15 is 0 Å². The molecule has 0 saturated heterocycles. The molecule has 0 N–H and O–H groups in total. The number of benzene rings is 2. The van der Waals surface area contributed by atoms with Gasteiger partial charge in [-0.2, -0.15) is 0 Å². The van der Waals surface area contributed by atoms with Crippen LogP contribution in [0.4, 0.5) is 4.39 Å². The van der Waals surface area contributed by atoms with Crippen LogP contribution in [0.2, 0.25) is 0 Å². The van der Waals surface area contributed by atoms with E-state index in [0.29, 0.717) is 23.8 Å². The minimum Gasteiger partial charge on any atom is -0.461 e. The van der Waals surface area contributed by atoms with E-state index in [0.717, 1.165) is 0 Å². The molecule has 3 rings (SSSR count). The van der Waals surface area contributed by atoms with E-state index < -0.39 is 5.82 Å². The molecule has 30 heavy (non-hydrogen) atoms. The minimum atomic E-state index is -0.477. The fourth-order valence-electron chi connectivity index (χ4n) is 3.28. The molecule has 0 bridgehead atoms. The van der Waals surface area contributed by atoms with E-state index in [2.05, 4.69) is 5.16 Å². The highest BCUT2D eigenvalue weighted by molar-refractivity contribution is 5.85. The molecule has 1 fully saturated rings. The van der Waals surface area contributed by atoms with Crippen molar-refractivity contribution in [1.82, 2.24) is 0 Å². The van der Waals surface area contributed by atoms with Crippen LogP contribution in [0, 0.1) is 29.0 Å². The maximum Gasteiger partial charge on any atom is 0.310 e. The van der Waals surface area contributed by atoms with Crippen molar-refractivity contribution in [2.45, 2.75) is 34.3 Å². The zero-order valence-corrected chi connectivity index (χ0v) is 17.8. The van der Waals surface area contributed by atoms with Crippen LogP contribution in [0.15, 0.2) is 53.7 Å². The van der Waals surface area contributed by atoms with Crippen LogP contribution >= 0.6 is 0 Å². The first-order valence-electron chi connectivity index (χ1n) is 10.1. The smallest absolute Gasteiger partial charge is 0.310 e. The lowest BCUT2D eigenvalue weighted by atomic mass is 10.1. The van der Waals surface area contributed by atoms with Crippen molar-refractivity contribution in [1.29, 1.82) is 0 Å². The van der Waals surface area contributed by atoms with E-state index in [1.54, 1.807) is 30.5 Å². The summed E-state index contributed by atoms with van der Waals surface area (Å²) >= 11 is 0. The zero-order valence-electron chi connectivity index (χ0n) is 17.8. The first kappa shape index (κ1) is 21.8. The van der Waals surface area contributed by atoms with E-state index in [9.17, 15) is 9.18 Å². The molecule has 1 saturated carbocycles. The number of nitrogens with zero attached hydrogens (tertiary/aromatic N) is 1. The Morgan fingerprint density at radius 2 is 1.93 bits per heavy atom. The SMILES string of the molecule is CC(C)CO/N=C/C1C(C(=O)OCc2ccc(F)c(Oc3ccccc3)c2)C1(C)C. The molecule has 0 aliphatic heterocycles. The lowest BCUT2D eigenvalue weighted by Gasteiger charge is -2.10. The topological polar surface area (TPSA) is 57.1 Å².